The molecule has 174 valence electrons. The van der Waals surface area contributed by atoms with Crippen molar-refractivity contribution in [1.82, 2.24) is 25.2 Å². The topological polar surface area (TPSA) is 77.2 Å². The summed E-state index contributed by atoms with van der Waals surface area (Å²) in [5.74, 6) is 0.871. The van der Waals surface area contributed by atoms with E-state index in [1.807, 2.05) is 60.4 Å². The number of aromatic nitrogens is 3. The van der Waals surface area contributed by atoms with Crippen LogP contribution in [0.25, 0.3) is 22.3 Å². The van der Waals surface area contributed by atoms with Crippen LogP contribution in [0.2, 0.25) is 10.0 Å². The normalized spacial score (nSPS) is 14.9. The van der Waals surface area contributed by atoms with Gasteiger partial charge in [-0.1, -0.05) is 47.5 Å². The van der Waals surface area contributed by atoms with Crippen LogP contribution in [-0.2, 0) is 0 Å². The number of fused-ring (bicyclic) bond motifs is 1. The molecule has 0 unspecified atom stereocenters. The average molecular weight is 495 g/mol. The molecule has 0 radical (unpaired) electrons. The van der Waals surface area contributed by atoms with Crippen LogP contribution < -0.4 is 10.2 Å². The Kier molecular flexibility index (Phi) is 6.30. The van der Waals surface area contributed by atoms with E-state index < -0.39 is 0 Å². The standard InChI is InChI=1S/C25H24Cl2N6O/c1-16(17-2-6-19(26)7-3-17)30-25(34)33-12-10-32(11-13-33)24-21-14-22(31-23(21)28-15-29-24)18-4-8-20(27)9-5-18/h2-9,14-16H,10-13H2,1H3,(H,30,34)(H,28,29,31)/t16-/m0/s1. The molecular formula is C25H24Cl2N6O. The van der Waals surface area contributed by atoms with Crippen LogP contribution in [0.3, 0.4) is 0 Å². The van der Waals surface area contributed by atoms with Gasteiger partial charge in [0.05, 0.1) is 11.4 Å². The van der Waals surface area contributed by atoms with Gasteiger partial charge >= 0.3 is 6.03 Å². The third-order valence-corrected chi connectivity index (χ3v) is 6.64. The lowest BCUT2D eigenvalue weighted by molar-refractivity contribution is 0.191. The number of aromatic amines is 1. The molecule has 1 fully saturated rings. The molecular weight excluding hydrogens is 471 g/mol. The maximum absolute atomic E-state index is 12.8. The van der Waals surface area contributed by atoms with E-state index >= 15 is 0 Å². The molecule has 9 heteroatoms. The maximum Gasteiger partial charge on any atom is 0.317 e. The lowest BCUT2D eigenvalue weighted by Gasteiger charge is -2.36. The molecule has 0 bridgehead atoms. The van der Waals surface area contributed by atoms with Crippen molar-refractivity contribution in [3.05, 3.63) is 76.5 Å². The van der Waals surface area contributed by atoms with Crippen molar-refractivity contribution in [2.24, 2.45) is 0 Å². The van der Waals surface area contributed by atoms with Gasteiger partial charge in [-0.05, 0) is 48.4 Å². The molecule has 2 aromatic heterocycles. The Labute approximate surface area is 207 Å². The van der Waals surface area contributed by atoms with E-state index in [9.17, 15) is 4.79 Å². The Morgan fingerprint density at radius 3 is 2.29 bits per heavy atom. The molecule has 2 N–H and O–H groups in total. The largest absolute Gasteiger partial charge is 0.352 e. The van der Waals surface area contributed by atoms with E-state index in [0.29, 0.717) is 36.2 Å². The number of amides is 2. The number of hydrogen-bond acceptors (Lipinski definition) is 4. The fourth-order valence-electron chi connectivity index (χ4n) is 4.20. The van der Waals surface area contributed by atoms with Crippen LogP contribution in [0.4, 0.5) is 10.6 Å². The number of carbonyl (C=O) groups excluding carboxylic acids is 1. The van der Waals surface area contributed by atoms with Gasteiger partial charge in [-0.3, -0.25) is 0 Å². The van der Waals surface area contributed by atoms with E-state index in [1.165, 1.54) is 0 Å². The first kappa shape index (κ1) is 22.5. The number of benzene rings is 2. The maximum atomic E-state index is 12.8. The van der Waals surface area contributed by atoms with Crippen LogP contribution in [0.5, 0.6) is 0 Å². The predicted molar refractivity (Wildman–Crippen MR) is 137 cm³/mol. The Hall–Kier alpha value is -3.29. The first-order valence-corrected chi connectivity index (χ1v) is 11.9. The Morgan fingerprint density at radius 1 is 0.971 bits per heavy atom. The number of H-pyrrole nitrogens is 1. The van der Waals surface area contributed by atoms with E-state index in [0.717, 1.165) is 33.7 Å². The summed E-state index contributed by atoms with van der Waals surface area (Å²) in [4.78, 5) is 29.2. The Bertz CT molecular complexity index is 1300. The molecule has 0 spiro atoms. The first-order chi connectivity index (χ1) is 16.5. The van der Waals surface area contributed by atoms with Gasteiger partial charge in [0, 0.05) is 41.9 Å². The number of rotatable bonds is 4. The number of hydrogen-bond donors (Lipinski definition) is 2. The summed E-state index contributed by atoms with van der Waals surface area (Å²) < 4.78 is 0. The minimum absolute atomic E-state index is 0.0680. The number of urea groups is 1. The molecule has 34 heavy (non-hydrogen) atoms. The zero-order valence-corrected chi connectivity index (χ0v) is 20.1. The fraction of sp³-hybridized carbons (Fsp3) is 0.240. The van der Waals surface area contributed by atoms with Crippen molar-refractivity contribution in [2.75, 3.05) is 31.1 Å². The van der Waals surface area contributed by atoms with Gasteiger partial charge in [0.25, 0.3) is 0 Å². The highest BCUT2D eigenvalue weighted by Crippen LogP contribution is 2.30. The van der Waals surface area contributed by atoms with E-state index in [-0.39, 0.29) is 12.1 Å². The quantitative estimate of drug-likeness (QED) is 0.391. The lowest BCUT2D eigenvalue weighted by Crippen LogP contribution is -2.52. The monoisotopic (exact) mass is 494 g/mol. The number of nitrogens with one attached hydrogen (secondary N) is 2. The second kappa shape index (κ2) is 9.52. The van der Waals surface area contributed by atoms with Gasteiger partial charge in [-0.25, -0.2) is 14.8 Å². The third-order valence-electron chi connectivity index (χ3n) is 6.14. The molecule has 3 heterocycles. The summed E-state index contributed by atoms with van der Waals surface area (Å²) in [6.07, 6.45) is 1.58. The zero-order valence-electron chi connectivity index (χ0n) is 18.6. The van der Waals surface area contributed by atoms with Crippen molar-refractivity contribution in [3.8, 4) is 11.3 Å². The van der Waals surface area contributed by atoms with Crippen molar-refractivity contribution < 1.29 is 4.79 Å². The number of piperazine rings is 1. The highest BCUT2D eigenvalue weighted by atomic mass is 35.5. The minimum atomic E-state index is -0.101. The molecule has 7 nitrogen and oxygen atoms in total. The van der Waals surface area contributed by atoms with E-state index in [1.54, 1.807) is 6.33 Å². The van der Waals surface area contributed by atoms with Crippen LogP contribution in [0, 0.1) is 0 Å². The van der Waals surface area contributed by atoms with Crippen LogP contribution >= 0.6 is 23.2 Å². The SMILES string of the molecule is C[C@H](NC(=O)N1CCN(c2ncnc3[nH]c(-c4ccc(Cl)cc4)cc23)CC1)c1ccc(Cl)cc1. The summed E-state index contributed by atoms with van der Waals surface area (Å²) >= 11 is 12.0. The van der Waals surface area contributed by atoms with E-state index in [2.05, 4.69) is 31.2 Å². The van der Waals surface area contributed by atoms with Crippen molar-refractivity contribution in [2.45, 2.75) is 13.0 Å². The first-order valence-electron chi connectivity index (χ1n) is 11.1. The fourth-order valence-corrected chi connectivity index (χ4v) is 4.45. The van der Waals surface area contributed by atoms with Crippen molar-refractivity contribution in [1.29, 1.82) is 0 Å². The van der Waals surface area contributed by atoms with Crippen molar-refractivity contribution >= 4 is 46.1 Å². The molecule has 5 rings (SSSR count). The molecule has 2 amide bonds. The Morgan fingerprint density at radius 2 is 1.62 bits per heavy atom. The van der Waals surface area contributed by atoms with Crippen LogP contribution in [0.1, 0.15) is 18.5 Å². The summed E-state index contributed by atoms with van der Waals surface area (Å²) in [5, 5.41) is 5.42. The molecule has 4 aromatic rings. The highest BCUT2D eigenvalue weighted by Gasteiger charge is 2.24. The minimum Gasteiger partial charge on any atom is -0.352 e. The second-order valence-corrected chi connectivity index (χ2v) is 9.22. The van der Waals surface area contributed by atoms with Gasteiger partial charge in [0.15, 0.2) is 0 Å². The summed E-state index contributed by atoms with van der Waals surface area (Å²) in [6, 6.07) is 17.1. The molecule has 1 aliphatic rings. The lowest BCUT2D eigenvalue weighted by atomic mass is 10.1. The molecule has 2 aromatic carbocycles. The number of nitrogens with zero attached hydrogens (tertiary/aromatic N) is 4. The van der Waals surface area contributed by atoms with Crippen LogP contribution in [-0.4, -0.2) is 52.1 Å². The summed E-state index contributed by atoms with van der Waals surface area (Å²) in [6.45, 7) is 4.57. The zero-order chi connectivity index (χ0) is 23.7. The molecule has 1 aliphatic heterocycles. The number of carbonyl (C=O) groups is 1. The van der Waals surface area contributed by atoms with Gasteiger partial charge < -0.3 is 20.1 Å². The highest BCUT2D eigenvalue weighted by molar-refractivity contribution is 6.30. The number of halogens is 2. The third kappa shape index (κ3) is 4.67. The number of anilines is 1. The van der Waals surface area contributed by atoms with Gasteiger partial charge in [0.1, 0.15) is 17.8 Å². The van der Waals surface area contributed by atoms with Crippen molar-refractivity contribution in [3.63, 3.8) is 0 Å². The summed E-state index contributed by atoms with van der Waals surface area (Å²) in [7, 11) is 0. The average Bonchev–Trinajstić information content (AvgIpc) is 3.29. The Balaban J connectivity index is 1.26. The molecule has 0 saturated carbocycles. The summed E-state index contributed by atoms with van der Waals surface area (Å²) in [5.41, 5.74) is 3.79. The second-order valence-electron chi connectivity index (χ2n) is 8.35. The van der Waals surface area contributed by atoms with Gasteiger partial charge in [0.2, 0.25) is 0 Å². The van der Waals surface area contributed by atoms with E-state index in [4.69, 9.17) is 23.2 Å². The predicted octanol–water partition coefficient (Wildman–Crippen LogP) is 5.52. The molecule has 0 aliphatic carbocycles. The van der Waals surface area contributed by atoms with Crippen LogP contribution in [0.15, 0.2) is 60.9 Å². The molecule has 1 atom stereocenters. The van der Waals surface area contributed by atoms with Gasteiger partial charge in [-0.2, -0.15) is 0 Å². The van der Waals surface area contributed by atoms with Gasteiger partial charge in [-0.15, -0.1) is 0 Å². The smallest absolute Gasteiger partial charge is 0.317 e. The molecule has 1 saturated heterocycles.